The second-order valence-corrected chi connectivity index (χ2v) is 6.45. The molecule has 5 heteroatoms. The van der Waals surface area contributed by atoms with Gasteiger partial charge >= 0.3 is 0 Å². The van der Waals surface area contributed by atoms with Crippen molar-refractivity contribution in [3.8, 4) is 5.75 Å². The molecule has 0 atom stereocenters. The van der Waals surface area contributed by atoms with Crippen molar-refractivity contribution < 1.29 is 13.9 Å². The van der Waals surface area contributed by atoms with E-state index in [1.807, 2.05) is 30.3 Å². The highest BCUT2D eigenvalue weighted by atomic mass is 19.1. The lowest BCUT2D eigenvalue weighted by atomic mass is 10.1. The maximum absolute atomic E-state index is 13.0. The van der Waals surface area contributed by atoms with Crippen LogP contribution in [0.3, 0.4) is 0 Å². The van der Waals surface area contributed by atoms with Gasteiger partial charge in [0.2, 0.25) is 0 Å². The van der Waals surface area contributed by atoms with Crippen LogP contribution in [-0.2, 0) is 0 Å². The molecular weight excluding hydrogens is 331 g/mol. The molecule has 2 heterocycles. The van der Waals surface area contributed by atoms with Crippen LogP contribution < -0.4 is 4.74 Å². The predicted molar refractivity (Wildman–Crippen MR) is 97.7 cm³/mol. The van der Waals surface area contributed by atoms with Crippen LogP contribution in [-0.4, -0.2) is 35.0 Å². The maximum atomic E-state index is 13.0. The number of para-hydroxylation sites is 1. The topological polar surface area (TPSA) is 42.4 Å². The fourth-order valence-electron chi connectivity index (χ4n) is 3.30. The largest absolute Gasteiger partial charge is 0.488 e. The lowest BCUT2D eigenvalue weighted by Gasteiger charge is -2.32. The first-order chi connectivity index (χ1) is 12.7. The number of carbonyl (C=O) groups excluding carboxylic acids is 1. The molecule has 2 aromatic carbocycles. The predicted octanol–water partition coefficient (Wildman–Crippen LogP) is 4.06. The molecule has 1 saturated heterocycles. The zero-order chi connectivity index (χ0) is 17.9. The van der Waals surface area contributed by atoms with Crippen LogP contribution in [0.2, 0.25) is 0 Å². The van der Waals surface area contributed by atoms with Crippen LogP contribution in [0.25, 0.3) is 10.9 Å². The monoisotopic (exact) mass is 350 g/mol. The first-order valence-corrected chi connectivity index (χ1v) is 8.76. The molecule has 132 valence electrons. The van der Waals surface area contributed by atoms with Gasteiger partial charge in [-0.05, 0) is 36.4 Å². The fourth-order valence-corrected chi connectivity index (χ4v) is 3.30. The van der Waals surface area contributed by atoms with E-state index in [0.717, 1.165) is 29.5 Å². The second-order valence-electron chi connectivity index (χ2n) is 6.45. The van der Waals surface area contributed by atoms with Crippen molar-refractivity contribution in [2.45, 2.75) is 18.9 Å². The summed E-state index contributed by atoms with van der Waals surface area (Å²) in [5.41, 5.74) is 1.38. The number of amides is 1. The molecular formula is C21H19FN2O2. The van der Waals surface area contributed by atoms with Gasteiger partial charge in [-0.3, -0.25) is 9.78 Å². The van der Waals surface area contributed by atoms with Crippen molar-refractivity contribution in [3.05, 3.63) is 72.2 Å². The molecule has 1 aliphatic rings. The Labute approximate surface area is 151 Å². The Morgan fingerprint density at radius 1 is 1.04 bits per heavy atom. The Kier molecular flexibility index (Phi) is 4.52. The second kappa shape index (κ2) is 7.12. The van der Waals surface area contributed by atoms with E-state index in [0.29, 0.717) is 18.7 Å². The van der Waals surface area contributed by atoms with Crippen molar-refractivity contribution in [2.24, 2.45) is 0 Å². The SMILES string of the molecule is O=C(c1ccc(F)cc1)N1CCC(Oc2cccc3cccnc23)CC1. The summed E-state index contributed by atoms with van der Waals surface area (Å²) in [5.74, 6) is 0.388. The molecule has 4 nitrogen and oxygen atoms in total. The van der Waals surface area contributed by atoms with Crippen molar-refractivity contribution in [2.75, 3.05) is 13.1 Å². The number of aromatic nitrogens is 1. The quantitative estimate of drug-likeness (QED) is 0.715. The fraction of sp³-hybridized carbons (Fsp3) is 0.238. The number of hydrogen-bond donors (Lipinski definition) is 0. The summed E-state index contributed by atoms with van der Waals surface area (Å²) in [6.45, 7) is 1.25. The molecule has 0 radical (unpaired) electrons. The van der Waals surface area contributed by atoms with E-state index in [1.165, 1.54) is 24.3 Å². The van der Waals surface area contributed by atoms with Gasteiger partial charge in [0.25, 0.3) is 5.91 Å². The van der Waals surface area contributed by atoms with Crippen molar-refractivity contribution in [1.29, 1.82) is 0 Å². The first kappa shape index (κ1) is 16.5. The molecule has 0 aliphatic carbocycles. The Morgan fingerprint density at radius 2 is 1.77 bits per heavy atom. The smallest absolute Gasteiger partial charge is 0.253 e. The molecule has 0 N–H and O–H groups in total. The number of nitrogens with zero attached hydrogens (tertiary/aromatic N) is 2. The summed E-state index contributed by atoms with van der Waals surface area (Å²) >= 11 is 0. The number of ether oxygens (including phenoxy) is 1. The van der Waals surface area contributed by atoms with Gasteiger partial charge in [-0.25, -0.2) is 4.39 Å². The van der Waals surface area contributed by atoms with E-state index in [1.54, 1.807) is 11.1 Å². The molecule has 1 aliphatic heterocycles. The number of halogens is 1. The zero-order valence-corrected chi connectivity index (χ0v) is 14.3. The highest BCUT2D eigenvalue weighted by molar-refractivity contribution is 5.94. The minimum Gasteiger partial charge on any atom is -0.488 e. The minimum atomic E-state index is -0.336. The molecule has 3 aromatic rings. The van der Waals surface area contributed by atoms with Gasteiger partial charge in [-0.1, -0.05) is 18.2 Å². The molecule has 0 saturated carbocycles. The van der Waals surface area contributed by atoms with Crippen molar-refractivity contribution in [3.63, 3.8) is 0 Å². The van der Waals surface area contributed by atoms with Gasteiger partial charge in [0.15, 0.2) is 0 Å². The summed E-state index contributed by atoms with van der Waals surface area (Å²) < 4.78 is 19.2. The summed E-state index contributed by atoms with van der Waals surface area (Å²) in [7, 11) is 0. The highest BCUT2D eigenvalue weighted by Gasteiger charge is 2.25. The van der Waals surface area contributed by atoms with Crippen LogP contribution in [0.5, 0.6) is 5.75 Å². The minimum absolute atomic E-state index is 0.0554. The Balaban J connectivity index is 1.40. The third kappa shape index (κ3) is 3.38. The number of carbonyl (C=O) groups is 1. The normalized spacial score (nSPS) is 15.2. The molecule has 0 unspecified atom stereocenters. The van der Waals surface area contributed by atoms with Crippen LogP contribution in [0, 0.1) is 5.82 Å². The van der Waals surface area contributed by atoms with Gasteiger partial charge in [0.05, 0.1) is 0 Å². The Hall–Kier alpha value is -2.95. The van der Waals surface area contributed by atoms with Gasteiger partial charge in [0, 0.05) is 43.1 Å². The number of rotatable bonds is 3. The van der Waals surface area contributed by atoms with E-state index in [-0.39, 0.29) is 17.8 Å². The summed E-state index contributed by atoms with van der Waals surface area (Å²) in [5, 5.41) is 1.05. The number of likely N-dealkylation sites (tertiary alicyclic amines) is 1. The summed E-state index contributed by atoms with van der Waals surface area (Å²) in [6, 6.07) is 15.5. The zero-order valence-electron chi connectivity index (χ0n) is 14.3. The maximum Gasteiger partial charge on any atom is 0.253 e. The summed E-state index contributed by atoms with van der Waals surface area (Å²) in [6.07, 6.45) is 3.34. The van der Waals surface area contributed by atoms with Crippen LogP contribution in [0.1, 0.15) is 23.2 Å². The van der Waals surface area contributed by atoms with Gasteiger partial charge in [0.1, 0.15) is 23.2 Å². The molecule has 26 heavy (non-hydrogen) atoms. The Bertz CT molecular complexity index is 913. The Morgan fingerprint density at radius 3 is 2.54 bits per heavy atom. The average Bonchev–Trinajstić information content (AvgIpc) is 2.69. The summed E-state index contributed by atoms with van der Waals surface area (Å²) in [4.78, 5) is 18.7. The van der Waals surface area contributed by atoms with Gasteiger partial charge in [-0.2, -0.15) is 0 Å². The average molecular weight is 350 g/mol. The number of pyridine rings is 1. The van der Waals surface area contributed by atoms with E-state index in [2.05, 4.69) is 4.98 Å². The van der Waals surface area contributed by atoms with Crippen LogP contribution in [0.15, 0.2) is 60.8 Å². The first-order valence-electron chi connectivity index (χ1n) is 8.76. The third-order valence-corrected chi connectivity index (χ3v) is 4.71. The van der Waals surface area contributed by atoms with E-state index in [9.17, 15) is 9.18 Å². The molecule has 4 rings (SSSR count). The standard InChI is InChI=1S/C21H19FN2O2/c22-17-8-6-16(7-9-17)21(25)24-13-10-18(11-14-24)26-19-5-1-3-15-4-2-12-23-20(15)19/h1-9,12,18H,10-11,13-14H2. The number of fused-ring (bicyclic) bond motifs is 1. The van der Waals surface area contributed by atoms with E-state index in [4.69, 9.17) is 4.74 Å². The lowest BCUT2D eigenvalue weighted by molar-refractivity contribution is 0.0597. The van der Waals surface area contributed by atoms with E-state index < -0.39 is 0 Å². The number of hydrogen-bond acceptors (Lipinski definition) is 3. The molecule has 1 fully saturated rings. The molecule has 0 bridgehead atoms. The van der Waals surface area contributed by atoms with Crippen molar-refractivity contribution >= 4 is 16.8 Å². The van der Waals surface area contributed by atoms with Crippen LogP contribution in [0.4, 0.5) is 4.39 Å². The number of benzene rings is 2. The van der Waals surface area contributed by atoms with Crippen LogP contribution >= 0.6 is 0 Å². The molecule has 1 aromatic heterocycles. The highest BCUT2D eigenvalue weighted by Crippen LogP contribution is 2.26. The third-order valence-electron chi connectivity index (χ3n) is 4.71. The van der Waals surface area contributed by atoms with E-state index >= 15 is 0 Å². The van der Waals surface area contributed by atoms with Gasteiger partial charge < -0.3 is 9.64 Å². The lowest BCUT2D eigenvalue weighted by Crippen LogP contribution is -2.41. The van der Waals surface area contributed by atoms with Gasteiger partial charge in [-0.15, -0.1) is 0 Å². The molecule has 0 spiro atoms. The number of piperidine rings is 1. The molecule has 1 amide bonds. The van der Waals surface area contributed by atoms with Crippen molar-refractivity contribution in [1.82, 2.24) is 9.88 Å².